The maximum Gasteiger partial charge on any atom is 0.262 e. The monoisotopic (exact) mass is 562 g/mol. The van der Waals surface area contributed by atoms with Gasteiger partial charge in [-0.15, -0.1) is 0 Å². The minimum atomic E-state index is -1.04. The van der Waals surface area contributed by atoms with Crippen LogP contribution in [0.3, 0.4) is 0 Å². The second kappa shape index (κ2) is 9.94. The molecule has 40 heavy (non-hydrogen) atoms. The lowest BCUT2D eigenvalue weighted by Crippen LogP contribution is -2.39. The van der Waals surface area contributed by atoms with E-state index in [0.717, 1.165) is 29.0 Å². The fourth-order valence-corrected chi connectivity index (χ4v) is 6.13. The first-order valence-electron chi connectivity index (χ1n) is 12.7. The van der Waals surface area contributed by atoms with E-state index < -0.39 is 17.7 Å². The maximum atomic E-state index is 14.3. The number of nitrogens with one attached hydrogen (secondary N) is 1. The second-order valence-corrected chi connectivity index (χ2v) is 10.6. The number of carbonyl (C=O) groups excluding carboxylic acids is 2. The van der Waals surface area contributed by atoms with Crippen LogP contribution in [0.2, 0.25) is 0 Å². The highest BCUT2D eigenvalue weighted by Crippen LogP contribution is 2.40. The molecule has 1 N–H and O–H groups in total. The lowest BCUT2D eigenvalue weighted by molar-refractivity contribution is -0.120. The number of benzene rings is 2. The van der Waals surface area contributed by atoms with Crippen molar-refractivity contribution in [1.29, 1.82) is 0 Å². The van der Waals surface area contributed by atoms with E-state index in [9.17, 15) is 18.4 Å². The molecule has 0 bridgehead atoms. The van der Waals surface area contributed by atoms with Crippen molar-refractivity contribution in [3.8, 4) is 16.3 Å². The van der Waals surface area contributed by atoms with E-state index in [2.05, 4.69) is 15.5 Å². The molecule has 1 fully saturated rings. The lowest BCUT2D eigenvalue weighted by Gasteiger charge is -2.35. The van der Waals surface area contributed by atoms with Crippen LogP contribution in [0.4, 0.5) is 14.5 Å². The third kappa shape index (κ3) is 4.24. The number of hydrogen-bond acceptors (Lipinski definition) is 7. The van der Waals surface area contributed by atoms with E-state index in [1.165, 1.54) is 28.5 Å². The number of halogens is 2. The predicted octanol–water partition coefficient (Wildman–Crippen LogP) is 5.65. The van der Waals surface area contributed by atoms with E-state index >= 15 is 0 Å². The number of rotatable bonds is 5. The molecular formula is C28H24F2N6O3S. The summed E-state index contributed by atoms with van der Waals surface area (Å²) in [4.78, 5) is 37.0. The van der Waals surface area contributed by atoms with Crippen LogP contribution < -0.4 is 10.2 Å². The Labute approximate surface area is 231 Å². The van der Waals surface area contributed by atoms with E-state index in [1.54, 1.807) is 7.05 Å². The highest BCUT2D eigenvalue weighted by molar-refractivity contribution is 7.16. The number of carbonyl (C=O) groups is 2. The Bertz CT molecular complexity index is 1770. The van der Waals surface area contributed by atoms with Gasteiger partial charge in [-0.25, -0.2) is 18.7 Å². The minimum Gasteiger partial charge on any atom is -0.361 e. The molecule has 1 aliphatic heterocycles. The molecule has 0 aliphatic carbocycles. The fraction of sp³-hybridized carbons (Fsp3) is 0.250. The number of amides is 2. The summed E-state index contributed by atoms with van der Waals surface area (Å²) in [6.07, 6.45) is 2.90. The summed E-state index contributed by atoms with van der Waals surface area (Å²) in [5.41, 5.74) is 4.06. The standard InChI is InChI=1S/C28H24F2N6O3S/c1-14-25(15(2)39-34-14)16-7-10-21-20(11-16)33-26(36(21)28-32-13-23(40-28)27(38)31-3)22-5-4-6-24(37)35(22)17-8-9-18(29)19(30)12-17/h7-13,22H,4-6H2,1-3H3,(H,31,38)/t22-/m0/s1. The molecule has 2 amide bonds. The first kappa shape index (κ1) is 25.8. The molecule has 0 saturated carbocycles. The molecule has 204 valence electrons. The number of thiazole rings is 1. The zero-order chi connectivity index (χ0) is 28.1. The van der Waals surface area contributed by atoms with Crippen LogP contribution in [0.15, 0.2) is 47.1 Å². The van der Waals surface area contributed by atoms with Gasteiger partial charge in [-0.05, 0) is 56.5 Å². The molecule has 2 aromatic carbocycles. The third-order valence-electron chi connectivity index (χ3n) is 7.07. The van der Waals surface area contributed by atoms with E-state index in [1.807, 2.05) is 36.6 Å². The summed E-state index contributed by atoms with van der Waals surface area (Å²) in [5, 5.41) is 7.16. The minimum absolute atomic E-state index is 0.220. The van der Waals surface area contributed by atoms with Crippen LogP contribution in [0, 0.1) is 25.5 Å². The SMILES string of the molecule is CNC(=O)c1cnc(-n2c([C@@H]3CCCC(=O)N3c3ccc(F)c(F)c3)nc3cc(-c4c(C)noc4C)ccc32)s1. The normalized spacial score (nSPS) is 15.7. The molecule has 12 heteroatoms. The van der Waals surface area contributed by atoms with Gasteiger partial charge < -0.3 is 14.7 Å². The van der Waals surface area contributed by atoms with Crippen LogP contribution in [0.25, 0.3) is 27.3 Å². The number of aromatic nitrogens is 4. The predicted molar refractivity (Wildman–Crippen MR) is 146 cm³/mol. The molecule has 3 aromatic heterocycles. The number of nitrogens with zero attached hydrogens (tertiary/aromatic N) is 5. The van der Waals surface area contributed by atoms with Crippen LogP contribution >= 0.6 is 11.3 Å². The smallest absolute Gasteiger partial charge is 0.262 e. The van der Waals surface area contributed by atoms with Crippen LogP contribution in [-0.4, -0.2) is 38.6 Å². The van der Waals surface area contributed by atoms with Gasteiger partial charge in [0, 0.05) is 30.8 Å². The molecular weight excluding hydrogens is 538 g/mol. The van der Waals surface area contributed by atoms with Crippen molar-refractivity contribution in [1.82, 2.24) is 25.0 Å². The summed E-state index contributed by atoms with van der Waals surface area (Å²) >= 11 is 1.19. The van der Waals surface area contributed by atoms with Gasteiger partial charge in [-0.3, -0.25) is 14.2 Å². The van der Waals surface area contributed by atoms with E-state index in [4.69, 9.17) is 9.51 Å². The Balaban J connectivity index is 1.56. The van der Waals surface area contributed by atoms with Gasteiger partial charge in [-0.1, -0.05) is 22.6 Å². The van der Waals surface area contributed by atoms with Gasteiger partial charge in [0.1, 0.15) is 16.5 Å². The van der Waals surface area contributed by atoms with Crippen molar-refractivity contribution in [3.05, 3.63) is 76.4 Å². The number of fused-ring (bicyclic) bond motifs is 1. The Morgan fingerprint density at radius 2 is 1.98 bits per heavy atom. The quantitative estimate of drug-likeness (QED) is 0.297. The first-order valence-corrected chi connectivity index (χ1v) is 13.5. The molecule has 0 spiro atoms. The van der Waals surface area contributed by atoms with Crippen molar-refractivity contribution in [2.24, 2.45) is 0 Å². The Kier molecular flexibility index (Phi) is 6.41. The van der Waals surface area contributed by atoms with Gasteiger partial charge in [0.15, 0.2) is 16.8 Å². The molecule has 5 aromatic rings. The van der Waals surface area contributed by atoms with Crippen LogP contribution in [-0.2, 0) is 4.79 Å². The molecule has 1 saturated heterocycles. The topological polar surface area (TPSA) is 106 Å². The van der Waals surface area contributed by atoms with E-state index in [0.29, 0.717) is 45.5 Å². The van der Waals surface area contributed by atoms with Crippen LogP contribution in [0.1, 0.15) is 52.3 Å². The number of aryl methyl sites for hydroxylation is 2. The van der Waals surface area contributed by atoms with Crippen molar-refractivity contribution in [3.63, 3.8) is 0 Å². The molecule has 9 nitrogen and oxygen atoms in total. The summed E-state index contributed by atoms with van der Waals surface area (Å²) in [6, 6.07) is 8.60. The largest absolute Gasteiger partial charge is 0.361 e. The average Bonchev–Trinajstić information content (AvgIpc) is 3.66. The summed E-state index contributed by atoms with van der Waals surface area (Å²) in [5.74, 6) is -1.35. The van der Waals surface area contributed by atoms with Gasteiger partial charge in [-0.2, -0.15) is 0 Å². The summed E-state index contributed by atoms with van der Waals surface area (Å²) in [6.45, 7) is 3.70. The van der Waals surface area contributed by atoms with Crippen molar-refractivity contribution < 1.29 is 22.9 Å². The number of piperidine rings is 1. The molecule has 6 rings (SSSR count). The van der Waals surface area contributed by atoms with Gasteiger partial charge >= 0.3 is 0 Å². The fourth-order valence-electron chi connectivity index (χ4n) is 5.24. The van der Waals surface area contributed by atoms with Gasteiger partial charge in [0.2, 0.25) is 5.91 Å². The molecule has 0 radical (unpaired) electrons. The lowest BCUT2D eigenvalue weighted by atomic mass is 9.99. The van der Waals surface area contributed by atoms with E-state index in [-0.39, 0.29) is 23.9 Å². The maximum absolute atomic E-state index is 14.3. The van der Waals surface area contributed by atoms with Gasteiger partial charge in [0.05, 0.1) is 29.0 Å². The molecule has 0 unspecified atom stereocenters. The highest BCUT2D eigenvalue weighted by Gasteiger charge is 2.35. The first-order chi connectivity index (χ1) is 19.3. The Hall–Kier alpha value is -4.45. The zero-order valence-electron chi connectivity index (χ0n) is 21.9. The van der Waals surface area contributed by atoms with Crippen molar-refractivity contribution in [2.75, 3.05) is 11.9 Å². The zero-order valence-corrected chi connectivity index (χ0v) is 22.7. The Morgan fingerprint density at radius 3 is 2.70 bits per heavy atom. The average molecular weight is 563 g/mol. The molecule has 1 atom stereocenters. The van der Waals surface area contributed by atoms with Crippen molar-refractivity contribution >= 4 is 39.9 Å². The molecule has 4 heterocycles. The summed E-state index contributed by atoms with van der Waals surface area (Å²) < 4.78 is 35.2. The van der Waals surface area contributed by atoms with Gasteiger partial charge in [0.25, 0.3) is 5.91 Å². The summed E-state index contributed by atoms with van der Waals surface area (Å²) in [7, 11) is 1.54. The number of imidazole rings is 1. The van der Waals surface area contributed by atoms with Crippen LogP contribution in [0.5, 0.6) is 0 Å². The number of anilines is 1. The number of hydrogen-bond donors (Lipinski definition) is 1. The second-order valence-electron chi connectivity index (χ2n) is 9.56. The molecule has 1 aliphatic rings. The Morgan fingerprint density at radius 1 is 1.15 bits per heavy atom. The third-order valence-corrected chi connectivity index (χ3v) is 8.05. The van der Waals surface area contributed by atoms with Crippen molar-refractivity contribution in [2.45, 2.75) is 39.2 Å². The highest BCUT2D eigenvalue weighted by atomic mass is 32.1.